The number of rotatable bonds is 6. The standard InChI is InChI=1S/C15H20FN3/c1-3-17-14(8-12-10-18-19(2)11-12)9-13-6-4-5-7-15(13)16/h4-7,10-11,14,17H,3,8-9H2,1-2H3. The van der Waals surface area contributed by atoms with Crippen LogP contribution in [-0.4, -0.2) is 22.4 Å². The average molecular weight is 261 g/mol. The van der Waals surface area contributed by atoms with Crippen molar-refractivity contribution < 1.29 is 4.39 Å². The maximum absolute atomic E-state index is 13.7. The second-order valence-electron chi connectivity index (χ2n) is 4.78. The molecule has 0 aliphatic rings. The molecule has 3 nitrogen and oxygen atoms in total. The molecule has 1 aromatic heterocycles. The Morgan fingerprint density at radius 1 is 1.32 bits per heavy atom. The predicted molar refractivity (Wildman–Crippen MR) is 74.5 cm³/mol. The summed E-state index contributed by atoms with van der Waals surface area (Å²) < 4.78 is 15.5. The fourth-order valence-corrected chi connectivity index (χ4v) is 2.30. The number of aromatic nitrogens is 2. The van der Waals surface area contributed by atoms with Crippen LogP contribution in [0.25, 0.3) is 0 Å². The average Bonchev–Trinajstić information content (AvgIpc) is 2.78. The van der Waals surface area contributed by atoms with E-state index in [-0.39, 0.29) is 11.9 Å². The fraction of sp³-hybridized carbons (Fsp3) is 0.400. The van der Waals surface area contributed by atoms with E-state index >= 15 is 0 Å². The van der Waals surface area contributed by atoms with Gasteiger partial charge in [-0.05, 0) is 36.6 Å². The molecule has 0 aliphatic heterocycles. The molecule has 4 heteroatoms. The second-order valence-corrected chi connectivity index (χ2v) is 4.78. The summed E-state index contributed by atoms with van der Waals surface area (Å²) in [7, 11) is 1.91. The molecule has 1 aromatic carbocycles. The van der Waals surface area contributed by atoms with Crippen LogP contribution in [0.4, 0.5) is 4.39 Å². The van der Waals surface area contributed by atoms with E-state index < -0.39 is 0 Å². The topological polar surface area (TPSA) is 29.9 Å². The smallest absolute Gasteiger partial charge is 0.126 e. The maximum Gasteiger partial charge on any atom is 0.126 e. The number of nitrogens with one attached hydrogen (secondary N) is 1. The molecular formula is C15H20FN3. The summed E-state index contributed by atoms with van der Waals surface area (Å²) in [5.41, 5.74) is 1.93. The number of halogens is 1. The van der Waals surface area contributed by atoms with Crippen molar-refractivity contribution in [2.24, 2.45) is 7.05 Å². The van der Waals surface area contributed by atoms with Crippen molar-refractivity contribution in [3.8, 4) is 0 Å². The van der Waals surface area contributed by atoms with Gasteiger partial charge in [-0.3, -0.25) is 4.68 Å². The minimum atomic E-state index is -0.128. The molecular weight excluding hydrogens is 241 g/mol. The molecule has 0 bridgehead atoms. The summed E-state index contributed by atoms with van der Waals surface area (Å²) in [6.45, 7) is 2.94. The van der Waals surface area contributed by atoms with E-state index in [1.807, 2.05) is 31.6 Å². The summed E-state index contributed by atoms with van der Waals surface area (Å²) in [6.07, 6.45) is 5.42. The van der Waals surface area contributed by atoms with Gasteiger partial charge >= 0.3 is 0 Å². The zero-order valence-electron chi connectivity index (χ0n) is 11.4. The molecule has 1 atom stereocenters. The molecule has 0 saturated heterocycles. The van der Waals surface area contributed by atoms with Gasteiger partial charge in [0.05, 0.1) is 6.20 Å². The number of hydrogen-bond acceptors (Lipinski definition) is 2. The van der Waals surface area contributed by atoms with Crippen molar-refractivity contribution in [2.45, 2.75) is 25.8 Å². The van der Waals surface area contributed by atoms with Gasteiger partial charge in [-0.15, -0.1) is 0 Å². The highest BCUT2D eigenvalue weighted by Gasteiger charge is 2.12. The highest BCUT2D eigenvalue weighted by Crippen LogP contribution is 2.12. The zero-order valence-corrected chi connectivity index (χ0v) is 11.4. The van der Waals surface area contributed by atoms with Crippen LogP contribution in [0.5, 0.6) is 0 Å². The Kier molecular flexibility index (Phi) is 4.68. The van der Waals surface area contributed by atoms with Crippen molar-refractivity contribution in [1.82, 2.24) is 15.1 Å². The molecule has 1 N–H and O–H groups in total. The van der Waals surface area contributed by atoms with Crippen LogP contribution in [0.1, 0.15) is 18.1 Å². The lowest BCUT2D eigenvalue weighted by Crippen LogP contribution is -2.33. The van der Waals surface area contributed by atoms with E-state index in [1.165, 1.54) is 11.6 Å². The molecule has 19 heavy (non-hydrogen) atoms. The third-order valence-corrected chi connectivity index (χ3v) is 3.16. The monoisotopic (exact) mass is 261 g/mol. The van der Waals surface area contributed by atoms with Gasteiger partial charge in [0.2, 0.25) is 0 Å². The minimum Gasteiger partial charge on any atom is -0.314 e. The largest absolute Gasteiger partial charge is 0.314 e. The van der Waals surface area contributed by atoms with Gasteiger partial charge < -0.3 is 5.32 Å². The Labute approximate surface area is 113 Å². The third-order valence-electron chi connectivity index (χ3n) is 3.16. The molecule has 2 rings (SSSR count). The summed E-state index contributed by atoms with van der Waals surface area (Å²) in [5, 5.41) is 7.58. The Morgan fingerprint density at radius 3 is 2.74 bits per heavy atom. The molecule has 0 saturated carbocycles. The Bertz CT molecular complexity index is 522. The van der Waals surface area contributed by atoms with Crippen LogP contribution in [0.2, 0.25) is 0 Å². The molecule has 0 fully saturated rings. The van der Waals surface area contributed by atoms with Gasteiger partial charge in [0.15, 0.2) is 0 Å². The summed E-state index contributed by atoms with van der Waals surface area (Å²) >= 11 is 0. The summed E-state index contributed by atoms with van der Waals surface area (Å²) in [6, 6.07) is 7.20. The second kappa shape index (κ2) is 6.48. The van der Waals surface area contributed by atoms with E-state index in [1.54, 1.807) is 10.7 Å². The third kappa shape index (κ3) is 3.89. The molecule has 0 spiro atoms. The molecule has 2 aromatic rings. The van der Waals surface area contributed by atoms with Crippen molar-refractivity contribution in [1.29, 1.82) is 0 Å². The molecule has 0 amide bonds. The first-order valence-electron chi connectivity index (χ1n) is 6.63. The predicted octanol–water partition coefficient (Wildman–Crippen LogP) is 2.32. The Balaban J connectivity index is 2.06. The van der Waals surface area contributed by atoms with Crippen LogP contribution < -0.4 is 5.32 Å². The molecule has 1 unspecified atom stereocenters. The van der Waals surface area contributed by atoms with Crippen LogP contribution in [0.3, 0.4) is 0 Å². The molecule has 1 heterocycles. The number of hydrogen-bond donors (Lipinski definition) is 1. The van der Waals surface area contributed by atoms with Gasteiger partial charge in [0.1, 0.15) is 5.82 Å². The lowest BCUT2D eigenvalue weighted by Gasteiger charge is -2.17. The minimum absolute atomic E-state index is 0.128. The van der Waals surface area contributed by atoms with E-state index in [9.17, 15) is 4.39 Å². The fourth-order valence-electron chi connectivity index (χ4n) is 2.30. The first kappa shape index (κ1) is 13.7. The molecule has 102 valence electrons. The van der Waals surface area contributed by atoms with Crippen LogP contribution >= 0.6 is 0 Å². The number of nitrogens with zero attached hydrogens (tertiary/aromatic N) is 2. The zero-order chi connectivity index (χ0) is 13.7. The lowest BCUT2D eigenvalue weighted by molar-refractivity contribution is 0.505. The van der Waals surface area contributed by atoms with Crippen LogP contribution in [0.15, 0.2) is 36.7 Å². The number of likely N-dealkylation sites (N-methyl/N-ethyl adjacent to an activating group) is 1. The van der Waals surface area contributed by atoms with Gasteiger partial charge in [-0.25, -0.2) is 4.39 Å². The Morgan fingerprint density at radius 2 is 2.11 bits per heavy atom. The molecule has 0 radical (unpaired) electrons. The van der Waals surface area contributed by atoms with Crippen LogP contribution in [0, 0.1) is 5.82 Å². The first-order valence-corrected chi connectivity index (χ1v) is 6.63. The van der Waals surface area contributed by atoms with Gasteiger partial charge in [-0.2, -0.15) is 5.10 Å². The highest BCUT2D eigenvalue weighted by molar-refractivity contribution is 5.19. The van der Waals surface area contributed by atoms with Crippen molar-refractivity contribution in [3.05, 3.63) is 53.6 Å². The van der Waals surface area contributed by atoms with Crippen LogP contribution in [-0.2, 0) is 19.9 Å². The van der Waals surface area contributed by atoms with Crippen molar-refractivity contribution >= 4 is 0 Å². The van der Waals surface area contributed by atoms with E-state index in [2.05, 4.69) is 17.3 Å². The normalized spacial score (nSPS) is 12.6. The van der Waals surface area contributed by atoms with Crippen molar-refractivity contribution in [2.75, 3.05) is 6.54 Å². The first-order chi connectivity index (χ1) is 9.19. The Hall–Kier alpha value is -1.68. The van der Waals surface area contributed by atoms with E-state index in [0.717, 1.165) is 18.5 Å². The molecule has 0 aliphatic carbocycles. The summed E-state index contributed by atoms with van der Waals surface area (Å²) in [5.74, 6) is -0.128. The van der Waals surface area contributed by atoms with Gasteiger partial charge in [0, 0.05) is 19.3 Å². The van der Waals surface area contributed by atoms with E-state index in [4.69, 9.17) is 0 Å². The van der Waals surface area contributed by atoms with Gasteiger partial charge in [0.25, 0.3) is 0 Å². The number of aryl methyl sites for hydroxylation is 1. The number of benzene rings is 1. The quantitative estimate of drug-likeness (QED) is 0.865. The highest BCUT2D eigenvalue weighted by atomic mass is 19.1. The van der Waals surface area contributed by atoms with Gasteiger partial charge in [-0.1, -0.05) is 25.1 Å². The SMILES string of the molecule is CCNC(Cc1cnn(C)c1)Cc1ccccc1F. The van der Waals surface area contributed by atoms with Crippen molar-refractivity contribution in [3.63, 3.8) is 0 Å². The lowest BCUT2D eigenvalue weighted by atomic mass is 10.0. The van der Waals surface area contributed by atoms with E-state index in [0.29, 0.717) is 6.42 Å². The maximum atomic E-state index is 13.7. The summed E-state index contributed by atoms with van der Waals surface area (Å²) in [4.78, 5) is 0.